The van der Waals surface area contributed by atoms with Crippen molar-refractivity contribution < 1.29 is 24.2 Å². The molecule has 0 amide bonds. The number of rotatable bonds is 4. The Hall–Kier alpha value is -4.67. The van der Waals surface area contributed by atoms with Crippen LogP contribution in [0.25, 0.3) is 60.6 Å². The average molecular weight is 821 g/mol. The van der Waals surface area contributed by atoms with Crippen molar-refractivity contribution in [1.29, 1.82) is 0 Å². The summed E-state index contributed by atoms with van der Waals surface area (Å²) >= 11 is 1.66. The van der Waals surface area contributed by atoms with E-state index in [2.05, 4.69) is 139 Å². The second kappa shape index (κ2) is 14.2. The fraction of sp³-hybridized carbons (Fsp3) is 0.116. The Balaban J connectivity index is 0.000000222. The van der Waals surface area contributed by atoms with Gasteiger partial charge in [-0.3, -0.25) is 16.3 Å². The maximum Gasteiger partial charge on any atom is 0.0774 e. The largest absolute Gasteiger partial charge is 0.333 e. The predicted molar refractivity (Wildman–Crippen MR) is 198 cm³/mol. The van der Waals surface area contributed by atoms with Crippen molar-refractivity contribution in [2.24, 2.45) is 0 Å². The van der Waals surface area contributed by atoms with Crippen LogP contribution in [0.4, 0.5) is 0 Å². The first-order chi connectivity index (χ1) is 24.1. The van der Waals surface area contributed by atoms with Crippen molar-refractivity contribution in [3.8, 4) is 39.5 Å². The summed E-state index contributed by atoms with van der Waals surface area (Å²) < 4.78 is 25.2. The van der Waals surface area contributed by atoms with Gasteiger partial charge in [-0.15, -0.1) is 47.3 Å². The zero-order valence-electron chi connectivity index (χ0n) is 29.9. The van der Waals surface area contributed by atoms with E-state index >= 15 is 0 Å². The molecule has 0 spiro atoms. The van der Waals surface area contributed by atoms with Crippen LogP contribution in [0.3, 0.4) is 0 Å². The molecule has 0 fully saturated rings. The van der Waals surface area contributed by atoms with Crippen LogP contribution in [-0.4, -0.2) is 14.5 Å². The molecule has 0 N–H and O–H groups in total. The van der Waals surface area contributed by atoms with E-state index in [0.717, 1.165) is 39.4 Å². The van der Waals surface area contributed by atoms with Crippen molar-refractivity contribution >= 4 is 32.5 Å². The molecule has 0 aliphatic heterocycles. The quantitative estimate of drug-likeness (QED) is 0.166. The maximum atomic E-state index is 7.23. The molecular formula is C43H35IrN3S-2. The van der Waals surface area contributed by atoms with Crippen molar-refractivity contribution in [1.82, 2.24) is 14.5 Å². The van der Waals surface area contributed by atoms with Crippen LogP contribution < -0.4 is 0 Å². The summed E-state index contributed by atoms with van der Waals surface area (Å²) in [6, 6.07) is 48.2. The number of pyridine rings is 1. The SMILES string of the molecule is CC(C)(C)c1ccc2s[c-]c(-c3nc4ccccc4n3-c3ccc(-c4ccccc4)cc3)c2c1.[2H]C([2H])([2H])c1ccc(-c2[c-]cccc2)nc1.[Ir]. The summed E-state index contributed by atoms with van der Waals surface area (Å²) in [4.78, 5) is 9.22. The third kappa shape index (κ3) is 6.95. The molecule has 0 saturated heterocycles. The minimum absolute atomic E-state index is 0. The fourth-order valence-corrected chi connectivity index (χ4v) is 6.42. The second-order valence-corrected chi connectivity index (χ2v) is 13.3. The van der Waals surface area contributed by atoms with E-state index in [1.54, 1.807) is 29.5 Å². The van der Waals surface area contributed by atoms with Gasteiger partial charge in [-0.25, -0.2) is 0 Å². The number of thiophene rings is 1. The summed E-state index contributed by atoms with van der Waals surface area (Å²) in [6.07, 6.45) is 1.39. The molecule has 5 heteroatoms. The minimum Gasteiger partial charge on any atom is -0.333 e. The molecule has 239 valence electrons. The van der Waals surface area contributed by atoms with Gasteiger partial charge in [0.2, 0.25) is 0 Å². The Morgan fingerprint density at radius 2 is 1.52 bits per heavy atom. The van der Waals surface area contributed by atoms with Gasteiger partial charge >= 0.3 is 0 Å². The van der Waals surface area contributed by atoms with Crippen LogP contribution in [0.2, 0.25) is 0 Å². The van der Waals surface area contributed by atoms with Crippen molar-refractivity contribution in [3.05, 3.63) is 162 Å². The van der Waals surface area contributed by atoms with Crippen LogP contribution >= 0.6 is 11.3 Å². The zero-order valence-corrected chi connectivity index (χ0v) is 30.1. The van der Waals surface area contributed by atoms with E-state index in [1.165, 1.54) is 33.0 Å². The molecule has 8 aromatic rings. The normalized spacial score (nSPS) is 12.4. The summed E-state index contributed by atoms with van der Waals surface area (Å²) in [5.41, 5.74) is 9.94. The molecule has 0 aliphatic rings. The summed E-state index contributed by atoms with van der Waals surface area (Å²) in [7, 11) is 0. The van der Waals surface area contributed by atoms with Gasteiger partial charge in [0.15, 0.2) is 0 Å². The number of nitrogens with zero attached hydrogens (tertiary/aromatic N) is 3. The number of aryl methyl sites for hydroxylation is 1. The van der Waals surface area contributed by atoms with Gasteiger partial charge in [-0.2, -0.15) is 0 Å². The smallest absolute Gasteiger partial charge is 0.0774 e. The molecule has 1 radical (unpaired) electrons. The molecule has 0 aliphatic carbocycles. The number of hydrogen-bond acceptors (Lipinski definition) is 3. The van der Waals surface area contributed by atoms with Gasteiger partial charge in [0, 0.05) is 36.1 Å². The van der Waals surface area contributed by atoms with Crippen LogP contribution in [0.15, 0.2) is 140 Å². The molecule has 48 heavy (non-hydrogen) atoms. The minimum atomic E-state index is -2.09. The maximum absolute atomic E-state index is 7.23. The molecule has 3 aromatic heterocycles. The van der Waals surface area contributed by atoms with Crippen LogP contribution in [0.5, 0.6) is 0 Å². The Bertz CT molecular complexity index is 2380. The molecular weight excluding hydrogens is 783 g/mol. The summed E-state index contributed by atoms with van der Waals surface area (Å²) in [5.74, 6) is 0.936. The van der Waals surface area contributed by atoms with Crippen molar-refractivity contribution in [3.63, 3.8) is 0 Å². The third-order valence-corrected chi connectivity index (χ3v) is 9.03. The zero-order chi connectivity index (χ0) is 34.9. The number of fused-ring (bicyclic) bond motifs is 2. The van der Waals surface area contributed by atoms with Crippen molar-refractivity contribution in [2.75, 3.05) is 0 Å². The summed E-state index contributed by atoms with van der Waals surface area (Å²) in [5, 5.41) is 4.79. The fourth-order valence-electron chi connectivity index (χ4n) is 5.60. The summed E-state index contributed by atoms with van der Waals surface area (Å²) in [6.45, 7) is 4.68. The Labute approximate surface area is 304 Å². The van der Waals surface area contributed by atoms with Crippen LogP contribution in [0, 0.1) is 18.3 Å². The van der Waals surface area contributed by atoms with Crippen LogP contribution in [0.1, 0.15) is 36.0 Å². The van der Waals surface area contributed by atoms with E-state index < -0.39 is 6.85 Å². The monoisotopic (exact) mass is 821 g/mol. The van der Waals surface area contributed by atoms with Gasteiger partial charge in [-0.1, -0.05) is 121 Å². The first-order valence-electron chi connectivity index (χ1n) is 17.1. The molecule has 3 nitrogen and oxygen atoms in total. The van der Waals surface area contributed by atoms with E-state index in [9.17, 15) is 0 Å². The van der Waals surface area contributed by atoms with Crippen LogP contribution in [-0.2, 0) is 25.5 Å². The van der Waals surface area contributed by atoms with E-state index in [-0.39, 0.29) is 31.1 Å². The van der Waals surface area contributed by atoms with Gasteiger partial charge in [0.05, 0.1) is 16.9 Å². The predicted octanol–water partition coefficient (Wildman–Crippen LogP) is 11.5. The average Bonchev–Trinajstić information content (AvgIpc) is 3.73. The number of imidazole rings is 1. The molecule has 0 unspecified atom stereocenters. The number of para-hydroxylation sites is 2. The molecule has 3 heterocycles. The van der Waals surface area contributed by atoms with Gasteiger partial charge in [-0.05, 0) is 58.9 Å². The molecule has 0 atom stereocenters. The Kier molecular flexibility index (Phi) is 8.72. The first kappa shape index (κ1) is 29.5. The second-order valence-electron chi connectivity index (χ2n) is 12.4. The molecule has 0 saturated carbocycles. The first-order valence-corrected chi connectivity index (χ1v) is 16.4. The van der Waals surface area contributed by atoms with Gasteiger partial charge < -0.3 is 9.55 Å². The third-order valence-electron chi connectivity index (χ3n) is 8.14. The molecule has 8 rings (SSSR count). The molecule has 5 aromatic carbocycles. The topological polar surface area (TPSA) is 30.7 Å². The molecule has 0 bridgehead atoms. The van der Waals surface area contributed by atoms with E-state index in [1.807, 2.05) is 18.2 Å². The van der Waals surface area contributed by atoms with E-state index in [0.29, 0.717) is 0 Å². The van der Waals surface area contributed by atoms with E-state index in [4.69, 9.17) is 9.10 Å². The van der Waals surface area contributed by atoms with Gasteiger partial charge in [0.1, 0.15) is 0 Å². The number of benzene rings is 5. The Morgan fingerprint density at radius 1 is 0.771 bits per heavy atom. The standard InChI is InChI=1S/C31H25N2S.C12H10N.Ir/c1-31(2,3)23-15-18-29-25(19-23)26(20-34-29)30-32-27-11-7-8-12-28(27)33(30)24-16-13-22(14-17-24)21-9-5-4-6-10-21;1-10-7-8-12(13-9-10)11-5-3-2-4-6-11;/h4-19H,1-3H3;2-5,7-9H,1H3;/q2*-1;/i;1D3;. The van der Waals surface area contributed by atoms with Gasteiger partial charge in [0.25, 0.3) is 0 Å². The van der Waals surface area contributed by atoms with Crippen molar-refractivity contribution in [2.45, 2.75) is 33.0 Å². The number of aromatic nitrogens is 3. The Morgan fingerprint density at radius 3 is 2.23 bits per heavy atom. The number of hydrogen-bond donors (Lipinski definition) is 0.